The van der Waals surface area contributed by atoms with E-state index in [0.29, 0.717) is 5.06 Å². The maximum atomic E-state index is 13.0. The summed E-state index contributed by atoms with van der Waals surface area (Å²) >= 11 is 0. The minimum absolute atomic E-state index is 0.275. The van der Waals surface area contributed by atoms with Gasteiger partial charge in [0.2, 0.25) is 0 Å². The highest BCUT2D eigenvalue weighted by molar-refractivity contribution is 5.71. The minimum Gasteiger partial charge on any atom is -0.350 e. The lowest BCUT2D eigenvalue weighted by atomic mass is 10.0. The fourth-order valence-electron chi connectivity index (χ4n) is 2.00. The third kappa shape index (κ3) is 3.93. The molecule has 1 atom stereocenters. The normalized spacial score (nSPS) is 12.3. The number of hydrogen-bond acceptors (Lipinski definition) is 2. The van der Waals surface area contributed by atoms with Gasteiger partial charge in [0, 0.05) is 0 Å². The van der Waals surface area contributed by atoms with Crippen molar-refractivity contribution in [2.45, 2.75) is 13.0 Å². The van der Waals surface area contributed by atoms with Gasteiger partial charge in [-0.1, -0.05) is 42.5 Å². The van der Waals surface area contributed by atoms with Crippen molar-refractivity contribution >= 4 is 12.1 Å². The third-order valence-corrected chi connectivity index (χ3v) is 3.24. The van der Waals surface area contributed by atoms with Gasteiger partial charge in [-0.3, -0.25) is 5.21 Å². The quantitative estimate of drug-likeness (QED) is 0.668. The van der Waals surface area contributed by atoms with E-state index in [1.807, 2.05) is 24.3 Å². The van der Waals surface area contributed by atoms with Gasteiger partial charge in [-0.05, 0) is 41.8 Å². The summed E-state index contributed by atoms with van der Waals surface area (Å²) in [7, 11) is 0. The molecule has 4 nitrogen and oxygen atoms in total. The average molecular weight is 300 g/mol. The number of benzene rings is 2. The van der Waals surface area contributed by atoms with Crippen LogP contribution in [0.5, 0.6) is 0 Å². The smallest absolute Gasteiger partial charge is 0.339 e. The molecule has 22 heavy (non-hydrogen) atoms. The molecule has 0 fully saturated rings. The largest absolute Gasteiger partial charge is 0.350 e. The second kappa shape index (κ2) is 6.87. The zero-order valence-electron chi connectivity index (χ0n) is 12.1. The lowest BCUT2D eigenvalue weighted by Gasteiger charge is -2.16. The Hall–Kier alpha value is -2.66. The number of amides is 2. The molecule has 0 heterocycles. The molecular formula is C17H17FN2O2. The molecule has 114 valence electrons. The molecule has 0 aliphatic carbocycles. The van der Waals surface area contributed by atoms with E-state index in [9.17, 15) is 14.4 Å². The Kier molecular flexibility index (Phi) is 4.91. The summed E-state index contributed by atoms with van der Waals surface area (Å²) in [4.78, 5) is 10.9. The van der Waals surface area contributed by atoms with E-state index in [1.165, 1.54) is 12.1 Å². The molecule has 5 heteroatoms. The number of primary amides is 1. The van der Waals surface area contributed by atoms with E-state index >= 15 is 0 Å². The number of nitrogens with zero attached hydrogens (tertiary/aromatic N) is 1. The first kappa shape index (κ1) is 15.7. The molecule has 0 aliphatic rings. The van der Waals surface area contributed by atoms with Crippen LogP contribution < -0.4 is 5.73 Å². The highest BCUT2D eigenvalue weighted by Crippen LogP contribution is 2.21. The Morgan fingerprint density at radius 1 is 1.23 bits per heavy atom. The Morgan fingerprint density at radius 2 is 1.91 bits per heavy atom. The van der Waals surface area contributed by atoms with Crippen molar-refractivity contribution in [1.82, 2.24) is 5.06 Å². The second-order valence-corrected chi connectivity index (χ2v) is 4.91. The Morgan fingerprint density at radius 3 is 2.55 bits per heavy atom. The number of urea groups is 1. The van der Waals surface area contributed by atoms with Crippen LogP contribution in [0.25, 0.3) is 17.2 Å². The first-order chi connectivity index (χ1) is 10.5. The van der Waals surface area contributed by atoms with Crippen LogP contribution in [0.15, 0.2) is 54.6 Å². The van der Waals surface area contributed by atoms with E-state index in [4.69, 9.17) is 5.73 Å². The highest BCUT2D eigenvalue weighted by Gasteiger charge is 2.11. The lowest BCUT2D eigenvalue weighted by molar-refractivity contribution is -0.0560. The number of rotatable bonds is 4. The molecule has 0 radical (unpaired) electrons. The molecule has 0 saturated carbocycles. The van der Waals surface area contributed by atoms with E-state index in [-0.39, 0.29) is 5.82 Å². The van der Waals surface area contributed by atoms with Gasteiger partial charge in [-0.25, -0.2) is 9.18 Å². The Balaban J connectivity index is 2.18. The summed E-state index contributed by atoms with van der Waals surface area (Å²) in [5.74, 6) is -0.275. The molecule has 2 rings (SSSR count). The van der Waals surface area contributed by atoms with Crippen LogP contribution in [-0.2, 0) is 0 Å². The van der Waals surface area contributed by atoms with Gasteiger partial charge in [0.15, 0.2) is 0 Å². The van der Waals surface area contributed by atoms with Crippen molar-refractivity contribution in [2.24, 2.45) is 5.73 Å². The molecule has 2 aromatic carbocycles. The van der Waals surface area contributed by atoms with Crippen LogP contribution in [0.1, 0.15) is 12.5 Å². The predicted molar refractivity (Wildman–Crippen MR) is 83.5 cm³/mol. The SMILES string of the molecule is C[C@H](/C=C/c1cccc(-c2ccc(F)cc2)c1)N(O)C(N)=O. The van der Waals surface area contributed by atoms with Crippen LogP contribution in [-0.4, -0.2) is 22.3 Å². The number of nitrogens with two attached hydrogens (primary N) is 1. The number of hydrogen-bond donors (Lipinski definition) is 2. The molecule has 0 bridgehead atoms. The molecule has 2 amide bonds. The molecule has 0 aliphatic heterocycles. The Bertz CT molecular complexity index is 683. The third-order valence-electron chi connectivity index (χ3n) is 3.24. The van der Waals surface area contributed by atoms with Crippen molar-refractivity contribution < 1.29 is 14.4 Å². The molecule has 0 unspecified atom stereocenters. The summed E-state index contributed by atoms with van der Waals surface area (Å²) in [6, 6.07) is 12.4. The van der Waals surface area contributed by atoms with Gasteiger partial charge in [0.05, 0.1) is 6.04 Å². The van der Waals surface area contributed by atoms with Crippen molar-refractivity contribution in [3.05, 3.63) is 66.0 Å². The topological polar surface area (TPSA) is 66.6 Å². The first-order valence-electron chi connectivity index (χ1n) is 6.79. The Labute approximate surface area is 128 Å². The zero-order valence-corrected chi connectivity index (χ0v) is 12.1. The van der Waals surface area contributed by atoms with Gasteiger partial charge >= 0.3 is 6.03 Å². The molecule has 0 saturated heterocycles. The molecular weight excluding hydrogens is 283 g/mol. The van der Waals surface area contributed by atoms with Gasteiger partial charge in [-0.15, -0.1) is 0 Å². The van der Waals surface area contributed by atoms with Crippen LogP contribution >= 0.6 is 0 Å². The van der Waals surface area contributed by atoms with Crippen molar-refractivity contribution in [1.29, 1.82) is 0 Å². The van der Waals surface area contributed by atoms with Gasteiger partial charge < -0.3 is 5.73 Å². The summed E-state index contributed by atoms with van der Waals surface area (Å²) < 4.78 is 13.0. The zero-order chi connectivity index (χ0) is 16.1. The fourth-order valence-corrected chi connectivity index (χ4v) is 2.00. The van der Waals surface area contributed by atoms with E-state index in [2.05, 4.69) is 0 Å². The average Bonchev–Trinajstić information content (AvgIpc) is 2.52. The monoisotopic (exact) mass is 300 g/mol. The summed E-state index contributed by atoms with van der Waals surface area (Å²) in [6.07, 6.45) is 3.44. The van der Waals surface area contributed by atoms with Crippen molar-refractivity contribution in [3.8, 4) is 11.1 Å². The van der Waals surface area contributed by atoms with Crippen LogP contribution in [0.3, 0.4) is 0 Å². The lowest BCUT2D eigenvalue weighted by Crippen LogP contribution is -2.38. The highest BCUT2D eigenvalue weighted by atomic mass is 19.1. The predicted octanol–water partition coefficient (Wildman–Crippen LogP) is 3.66. The van der Waals surface area contributed by atoms with Crippen molar-refractivity contribution in [3.63, 3.8) is 0 Å². The van der Waals surface area contributed by atoms with Gasteiger partial charge in [0.25, 0.3) is 0 Å². The van der Waals surface area contributed by atoms with Crippen LogP contribution in [0.4, 0.5) is 9.18 Å². The minimum atomic E-state index is -0.905. The fraction of sp³-hybridized carbons (Fsp3) is 0.118. The van der Waals surface area contributed by atoms with E-state index in [1.54, 1.807) is 31.2 Å². The van der Waals surface area contributed by atoms with Crippen molar-refractivity contribution in [2.75, 3.05) is 0 Å². The van der Waals surface area contributed by atoms with Crippen LogP contribution in [0, 0.1) is 5.82 Å². The van der Waals surface area contributed by atoms with E-state index < -0.39 is 12.1 Å². The molecule has 2 aromatic rings. The molecule has 0 aromatic heterocycles. The number of halogens is 1. The number of carbonyl (C=O) groups excluding carboxylic acids is 1. The van der Waals surface area contributed by atoms with Gasteiger partial charge in [0.1, 0.15) is 5.82 Å². The number of carbonyl (C=O) groups is 1. The second-order valence-electron chi connectivity index (χ2n) is 4.91. The van der Waals surface area contributed by atoms with Gasteiger partial charge in [-0.2, -0.15) is 5.06 Å². The summed E-state index contributed by atoms with van der Waals surface area (Å²) in [5.41, 5.74) is 7.74. The summed E-state index contributed by atoms with van der Waals surface area (Å²) in [6.45, 7) is 1.64. The molecule has 3 N–H and O–H groups in total. The van der Waals surface area contributed by atoms with Crippen LogP contribution in [0.2, 0.25) is 0 Å². The maximum absolute atomic E-state index is 13.0. The summed E-state index contributed by atoms with van der Waals surface area (Å²) in [5, 5.41) is 9.86. The number of hydroxylamine groups is 2. The van der Waals surface area contributed by atoms with E-state index in [0.717, 1.165) is 16.7 Å². The maximum Gasteiger partial charge on any atom is 0.339 e. The molecule has 0 spiro atoms. The first-order valence-corrected chi connectivity index (χ1v) is 6.79. The standard InChI is InChI=1S/C17H17FN2O2/c1-12(20(22)17(19)21)5-6-13-3-2-4-15(11-13)14-7-9-16(18)10-8-14/h2-12,22H,1H3,(H2,19,21)/b6-5+/t12-/m1/s1.